The summed E-state index contributed by atoms with van der Waals surface area (Å²) >= 11 is 2.30. The predicted molar refractivity (Wildman–Crippen MR) is 104 cm³/mol. The summed E-state index contributed by atoms with van der Waals surface area (Å²) in [4.78, 5) is 0. The van der Waals surface area contributed by atoms with Gasteiger partial charge in [-0.1, -0.05) is 18.2 Å². The van der Waals surface area contributed by atoms with Crippen molar-refractivity contribution in [3.05, 3.63) is 62.7 Å². The number of nitrogens with zero attached hydrogens (tertiary/aromatic N) is 1. The van der Waals surface area contributed by atoms with Gasteiger partial charge in [0.2, 0.25) is 10.0 Å². The fourth-order valence-corrected chi connectivity index (χ4v) is 3.97. The van der Waals surface area contributed by atoms with Crippen molar-refractivity contribution >= 4 is 32.6 Å². The van der Waals surface area contributed by atoms with Crippen LogP contribution in [0, 0.1) is 3.57 Å². The summed E-state index contributed by atoms with van der Waals surface area (Å²) in [6.45, 7) is 1.63. The number of sulfonamides is 1. The van der Waals surface area contributed by atoms with E-state index in [-0.39, 0.29) is 0 Å². The quantitative estimate of drug-likeness (QED) is 0.648. The Morgan fingerprint density at radius 2 is 1.88 bits per heavy atom. The van der Waals surface area contributed by atoms with Crippen LogP contribution in [-0.4, -0.2) is 32.1 Å². The van der Waals surface area contributed by atoms with Crippen LogP contribution in [0.3, 0.4) is 0 Å². The van der Waals surface area contributed by atoms with E-state index in [1.54, 1.807) is 0 Å². The molecule has 0 aromatic heterocycles. The molecule has 24 heavy (non-hydrogen) atoms. The highest BCUT2D eigenvalue weighted by Crippen LogP contribution is 2.25. The van der Waals surface area contributed by atoms with Crippen LogP contribution >= 0.6 is 22.6 Å². The summed E-state index contributed by atoms with van der Waals surface area (Å²) in [5, 5.41) is 0. The minimum atomic E-state index is -3.13. The number of benzene rings is 2. The molecule has 3 rings (SSSR count). The SMILES string of the molecule is CS(=O)(=O)N1CCc2cc(OCCc3ccc(I)cc3)ccc2C1. The molecular weight excluding hydrogens is 437 g/mol. The summed E-state index contributed by atoms with van der Waals surface area (Å²) in [5.74, 6) is 0.854. The summed E-state index contributed by atoms with van der Waals surface area (Å²) in [7, 11) is -3.13. The Morgan fingerprint density at radius 1 is 1.12 bits per heavy atom. The normalized spacial score (nSPS) is 15.1. The molecule has 0 fully saturated rings. The Bertz CT molecular complexity index is 819. The van der Waals surface area contributed by atoms with Gasteiger partial charge < -0.3 is 4.74 Å². The summed E-state index contributed by atoms with van der Waals surface area (Å²) in [6, 6.07) is 14.4. The van der Waals surface area contributed by atoms with E-state index in [1.807, 2.05) is 18.2 Å². The first-order chi connectivity index (χ1) is 11.4. The maximum Gasteiger partial charge on any atom is 0.211 e. The largest absolute Gasteiger partial charge is 0.493 e. The lowest BCUT2D eigenvalue weighted by Gasteiger charge is -2.27. The third-order valence-electron chi connectivity index (χ3n) is 4.20. The number of halogens is 1. The van der Waals surface area contributed by atoms with Crippen LogP contribution < -0.4 is 4.74 Å². The lowest BCUT2D eigenvalue weighted by molar-refractivity contribution is 0.320. The minimum absolute atomic E-state index is 0.455. The molecule has 1 aliphatic rings. The van der Waals surface area contributed by atoms with Gasteiger partial charge in [-0.2, -0.15) is 4.31 Å². The Balaban J connectivity index is 1.60. The molecule has 2 aromatic carbocycles. The average Bonchev–Trinajstić information content (AvgIpc) is 2.55. The Labute approximate surface area is 157 Å². The lowest BCUT2D eigenvalue weighted by Crippen LogP contribution is -2.35. The first-order valence-corrected chi connectivity index (χ1v) is 10.8. The lowest BCUT2D eigenvalue weighted by atomic mass is 10.0. The average molecular weight is 457 g/mol. The first-order valence-electron chi connectivity index (χ1n) is 7.86. The molecular formula is C18H20INO3S. The fraction of sp³-hybridized carbons (Fsp3) is 0.333. The molecule has 2 aromatic rings. The summed E-state index contributed by atoms with van der Waals surface area (Å²) in [6.07, 6.45) is 2.87. The Kier molecular flexibility index (Phi) is 5.46. The van der Waals surface area contributed by atoms with Gasteiger partial charge in [0, 0.05) is 23.1 Å². The van der Waals surface area contributed by atoms with Gasteiger partial charge in [-0.15, -0.1) is 0 Å². The molecule has 0 saturated heterocycles. The zero-order chi connectivity index (χ0) is 17.2. The highest BCUT2D eigenvalue weighted by molar-refractivity contribution is 14.1. The molecule has 0 radical (unpaired) electrons. The van der Waals surface area contributed by atoms with Gasteiger partial charge in [0.15, 0.2) is 0 Å². The minimum Gasteiger partial charge on any atom is -0.493 e. The van der Waals surface area contributed by atoms with Gasteiger partial charge >= 0.3 is 0 Å². The molecule has 0 N–H and O–H groups in total. The monoisotopic (exact) mass is 457 g/mol. The van der Waals surface area contributed by atoms with Crippen LogP contribution in [0.15, 0.2) is 42.5 Å². The van der Waals surface area contributed by atoms with Crippen molar-refractivity contribution in [2.75, 3.05) is 19.4 Å². The molecule has 0 bridgehead atoms. The van der Waals surface area contributed by atoms with Gasteiger partial charge in [0.05, 0.1) is 12.9 Å². The standard InChI is InChI=1S/C18H20INO3S/c1-24(21,22)20-10-8-15-12-18(7-4-16(15)13-20)23-11-9-14-2-5-17(19)6-3-14/h2-7,12H,8-11,13H2,1H3. The van der Waals surface area contributed by atoms with Crippen LogP contribution in [0.5, 0.6) is 5.75 Å². The molecule has 1 aliphatic heterocycles. The molecule has 0 aliphatic carbocycles. The van der Waals surface area contributed by atoms with Crippen molar-refractivity contribution in [3.8, 4) is 5.75 Å². The predicted octanol–water partition coefficient (Wildman–Crippen LogP) is 3.23. The summed E-state index contributed by atoms with van der Waals surface area (Å²) in [5.41, 5.74) is 3.51. The summed E-state index contributed by atoms with van der Waals surface area (Å²) < 4.78 is 31.9. The maximum absolute atomic E-state index is 11.7. The molecule has 128 valence electrons. The molecule has 0 spiro atoms. The molecule has 1 heterocycles. The highest BCUT2D eigenvalue weighted by atomic mass is 127. The molecule has 0 unspecified atom stereocenters. The molecule has 0 amide bonds. The van der Waals surface area contributed by atoms with Crippen LogP contribution in [0.25, 0.3) is 0 Å². The third kappa shape index (κ3) is 4.49. The second-order valence-electron chi connectivity index (χ2n) is 6.00. The highest BCUT2D eigenvalue weighted by Gasteiger charge is 2.23. The first kappa shape index (κ1) is 17.7. The number of rotatable bonds is 5. The number of hydrogen-bond donors (Lipinski definition) is 0. The van der Waals surface area contributed by atoms with Crippen molar-refractivity contribution in [1.29, 1.82) is 0 Å². The second-order valence-corrected chi connectivity index (χ2v) is 9.23. The van der Waals surface area contributed by atoms with Crippen LogP contribution in [0.1, 0.15) is 16.7 Å². The van der Waals surface area contributed by atoms with Gasteiger partial charge in [-0.3, -0.25) is 0 Å². The van der Waals surface area contributed by atoms with Crippen LogP contribution in [0.2, 0.25) is 0 Å². The van der Waals surface area contributed by atoms with E-state index in [0.717, 1.165) is 24.2 Å². The van der Waals surface area contributed by atoms with Gasteiger partial charge in [-0.25, -0.2) is 8.42 Å². The van der Waals surface area contributed by atoms with Crippen molar-refractivity contribution in [3.63, 3.8) is 0 Å². The maximum atomic E-state index is 11.7. The van der Waals surface area contributed by atoms with E-state index in [2.05, 4.69) is 46.9 Å². The van der Waals surface area contributed by atoms with Crippen molar-refractivity contribution < 1.29 is 13.2 Å². The van der Waals surface area contributed by atoms with E-state index in [0.29, 0.717) is 19.7 Å². The molecule has 0 saturated carbocycles. The van der Waals surface area contributed by atoms with Gasteiger partial charge in [0.1, 0.15) is 5.75 Å². The zero-order valence-electron chi connectivity index (χ0n) is 13.5. The van der Waals surface area contributed by atoms with E-state index >= 15 is 0 Å². The van der Waals surface area contributed by atoms with Gasteiger partial charge in [-0.05, 0) is 70.0 Å². The molecule has 6 heteroatoms. The number of hydrogen-bond acceptors (Lipinski definition) is 3. The molecule has 4 nitrogen and oxygen atoms in total. The van der Waals surface area contributed by atoms with E-state index in [9.17, 15) is 8.42 Å². The smallest absolute Gasteiger partial charge is 0.211 e. The van der Waals surface area contributed by atoms with Crippen LogP contribution in [-0.2, 0) is 29.4 Å². The molecule has 0 atom stereocenters. The number of ether oxygens (including phenoxy) is 1. The Hall–Kier alpha value is -1.12. The van der Waals surface area contributed by atoms with Gasteiger partial charge in [0.25, 0.3) is 0 Å². The zero-order valence-corrected chi connectivity index (χ0v) is 16.5. The fourth-order valence-electron chi connectivity index (χ4n) is 2.81. The third-order valence-corrected chi connectivity index (χ3v) is 6.17. The van der Waals surface area contributed by atoms with E-state index < -0.39 is 10.0 Å². The van der Waals surface area contributed by atoms with Crippen molar-refractivity contribution in [2.45, 2.75) is 19.4 Å². The topological polar surface area (TPSA) is 46.6 Å². The van der Waals surface area contributed by atoms with E-state index in [1.165, 1.54) is 25.3 Å². The second kappa shape index (κ2) is 7.41. The Morgan fingerprint density at radius 3 is 2.58 bits per heavy atom. The number of fused-ring (bicyclic) bond motifs is 1. The van der Waals surface area contributed by atoms with Crippen molar-refractivity contribution in [1.82, 2.24) is 4.31 Å². The van der Waals surface area contributed by atoms with E-state index in [4.69, 9.17) is 4.74 Å². The van der Waals surface area contributed by atoms with Crippen LogP contribution in [0.4, 0.5) is 0 Å². The van der Waals surface area contributed by atoms with Crippen molar-refractivity contribution in [2.24, 2.45) is 0 Å².